The van der Waals surface area contributed by atoms with Crippen molar-refractivity contribution in [3.05, 3.63) is 64.7 Å². The van der Waals surface area contributed by atoms with Crippen LogP contribution < -0.4 is 10.6 Å². The second kappa shape index (κ2) is 7.82. The number of carbonyl (C=O) groups excluding carboxylic acids is 1. The number of nitrogens with one attached hydrogen (secondary N) is 2. The zero-order chi connectivity index (χ0) is 15.9. The average molecular weight is 319 g/mol. The van der Waals surface area contributed by atoms with Crippen LogP contribution >= 0.6 is 11.6 Å². The molecule has 0 spiro atoms. The van der Waals surface area contributed by atoms with Crippen molar-refractivity contribution in [1.82, 2.24) is 5.32 Å². The van der Waals surface area contributed by atoms with Gasteiger partial charge in [-0.2, -0.15) is 0 Å². The topological polar surface area (TPSA) is 50.4 Å². The maximum atomic E-state index is 12.0. The summed E-state index contributed by atoms with van der Waals surface area (Å²) in [7, 11) is 1.59. The van der Waals surface area contributed by atoms with E-state index in [-0.39, 0.29) is 12.1 Å². The van der Waals surface area contributed by atoms with Gasteiger partial charge in [0.2, 0.25) is 0 Å². The highest BCUT2D eigenvalue weighted by atomic mass is 35.5. The molecule has 2 amide bonds. The second-order valence-electron chi connectivity index (χ2n) is 4.90. The Morgan fingerprint density at radius 1 is 1.18 bits per heavy atom. The predicted molar refractivity (Wildman–Crippen MR) is 89.4 cm³/mol. The SMILES string of the molecule is CO[C@H](CNC(=O)Nc1ccccc1C)c1ccccc1Cl. The lowest BCUT2D eigenvalue weighted by molar-refractivity contribution is 0.104. The lowest BCUT2D eigenvalue weighted by Gasteiger charge is -2.18. The lowest BCUT2D eigenvalue weighted by Crippen LogP contribution is -2.33. The van der Waals surface area contributed by atoms with Gasteiger partial charge in [0.25, 0.3) is 0 Å². The van der Waals surface area contributed by atoms with Gasteiger partial charge in [-0.15, -0.1) is 0 Å². The van der Waals surface area contributed by atoms with E-state index in [0.717, 1.165) is 16.8 Å². The molecule has 0 radical (unpaired) electrons. The third kappa shape index (κ3) is 4.23. The number of benzene rings is 2. The van der Waals surface area contributed by atoms with Crippen molar-refractivity contribution >= 4 is 23.3 Å². The summed E-state index contributed by atoms with van der Waals surface area (Å²) in [5.41, 5.74) is 2.64. The number of ether oxygens (including phenoxy) is 1. The normalized spacial score (nSPS) is 11.8. The van der Waals surface area contributed by atoms with E-state index in [2.05, 4.69) is 10.6 Å². The van der Waals surface area contributed by atoms with Crippen molar-refractivity contribution < 1.29 is 9.53 Å². The van der Waals surface area contributed by atoms with Crippen molar-refractivity contribution in [2.75, 3.05) is 19.0 Å². The Balaban J connectivity index is 1.95. The molecule has 0 aromatic heterocycles. The summed E-state index contributed by atoms with van der Waals surface area (Å²) in [5, 5.41) is 6.24. The standard InChI is InChI=1S/C17H19ClN2O2/c1-12-7-3-6-10-15(12)20-17(21)19-11-16(22-2)13-8-4-5-9-14(13)18/h3-10,16H,11H2,1-2H3,(H2,19,20,21)/t16-/m1/s1. The molecule has 2 aromatic rings. The number of hydrogen-bond acceptors (Lipinski definition) is 2. The third-order valence-corrected chi connectivity index (χ3v) is 3.72. The minimum absolute atomic E-state index is 0.275. The van der Waals surface area contributed by atoms with E-state index in [4.69, 9.17) is 16.3 Å². The summed E-state index contributed by atoms with van der Waals surface area (Å²) in [6.07, 6.45) is -0.295. The first kappa shape index (κ1) is 16.3. The van der Waals surface area contributed by atoms with Gasteiger partial charge >= 0.3 is 6.03 Å². The Bertz CT molecular complexity index is 646. The first-order valence-electron chi connectivity index (χ1n) is 6.99. The smallest absolute Gasteiger partial charge is 0.319 e. The van der Waals surface area contributed by atoms with Crippen LogP contribution in [0.1, 0.15) is 17.2 Å². The Morgan fingerprint density at radius 3 is 2.55 bits per heavy atom. The van der Waals surface area contributed by atoms with E-state index < -0.39 is 0 Å². The van der Waals surface area contributed by atoms with Gasteiger partial charge in [-0.3, -0.25) is 0 Å². The van der Waals surface area contributed by atoms with E-state index in [1.165, 1.54) is 0 Å². The van der Waals surface area contributed by atoms with E-state index in [1.54, 1.807) is 13.2 Å². The van der Waals surface area contributed by atoms with Crippen molar-refractivity contribution in [3.63, 3.8) is 0 Å². The lowest BCUT2D eigenvalue weighted by atomic mass is 10.1. The second-order valence-corrected chi connectivity index (χ2v) is 5.30. The van der Waals surface area contributed by atoms with Gasteiger partial charge in [0.15, 0.2) is 0 Å². The molecule has 4 nitrogen and oxygen atoms in total. The number of aryl methyl sites for hydroxylation is 1. The first-order chi connectivity index (χ1) is 10.6. The number of rotatable bonds is 5. The quantitative estimate of drug-likeness (QED) is 0.869. The number of amides is 2. The molecule has 1 atom stereocenters. The fraction of sp³-hybridized carbons (Fsp3) is 0.235. The molecule has 0 saturated heterocycles. The van der Waals surface area contributed by atoms with Gasteiger partial charge in [0, 0.05) is 29.9 Å². The summed E-state index contributed by atoms with van der Waals surface area (Å²) in [4.78, 5) is 12.0. The molecule has 0 aliphatic rings. The molecular formula is C17H19ClN2O2. The summed E-state index contributed by atoms with van der Waals surface area (Å²) in [6.45, 7) is 2.27. The fourth-order valence-corrected chi connectivity index (χ4v) is 2.38. The molecule has 2 rings (SSSR count). The average Bonchev–Trinajstić information content (AvgIpc) is 2.52. The maximum Gasteiger partial charge on any atom is 0.319 e. The molecule has 0 fully saturated rings. The van der Waals surface area contributed by atoms with Crippen molar-refractivity contribution in [1.29, 1.82) is 0 Å². The number of anilines is 1. The van der Waals surface area contributed by atoms with E-state index in [0.29, 0.717) is 11.6 Å². The van der Waals surface area contributed by atoms with Crippen LogP contribution in [0.15, 0.2) is 48.5 Å². The van der Waals surface area contributed by atoms with E-state index in [1.807, 2.05) is 49.4 Å². The monoisotopic (exact) mass is 318 g/mol. The summed E-state index contributed by atoms with van der Waals surface area (Å²) >= 11 is 6.16. The first-order valence-corrected chi connectivity index (χ1v) is 7.37. The number of halogens is 1. The zero-order valence-corrected chi connectivity index (χ0v) is 13.4. The molecule has 116 valence electrons. The van der Waals surface area contributed by atoms with Crippen LogP contribution in [0.3, 0.4) is 0 Å². The number of carbonyl (C=O) groups is 1. The van der Waals surface area contributed by atoms with Gasteiger partial charge in [0.1, 0.15) is 6.10 Å². The van der Waals surface area contributed by atoms with Gasteiger partial charge < -0.3 is 15.4 Å². The van der Waals surface area contributed by atoms with Crippen LogP contribution in [0.2, 0.25) is 5.02 Å². The van der Waals surface area contributed by atoms with Crippen LogP contribution in [-0.2, 0) is 4.74 Å². The Kier molecular flexibility index (Phi) is 5.81. The Morgan fingerprint density at radius 2 is 1.86 bits per heavy atom. The highest BCUT2D eigenvalue weighted by Gasteiger charge is 2.15. The van der Waals surface area contributed by atoms with Crippen molar-refractivity contribution in [2.45, 2.75) is 13.0 Å². The summed E-state index contributed by atoms with van der Waals surface area (Å²) in [5.74, 6) is 0. The van der Waals surface area contributed by atoms with Crippen LogP contribution in [0.5, 0.6) is 0 Å². The third-order valence-electron chi connectivity index (χ3n) is 3.38. The van der Waals surface area contributed by atoms with Crippen molar-refractivity contribution in [2.24, 2.45) is 0 Å². The van der Waals surface area contributed by atoms with Gasteiger partial charge in [-0.25, -0.2) is 4.79 Å². The largest absolute Gasteiger partial charge is 0.375 e. The van der Waals surface area contributed by atoms with Gasteiger partial charge in [-0.05, 0) is 24.6 Å². The Labute approximate surface area is 135 Å². The molecule has 2 N–H and O–H groups in total. The molecule has 0 bridgehead atoms. The molecule has 0 aliphatic carbocycles. The Hall–Kier alpha value is -2.04. The van der Waals surface area contributed by atoms with E-state index >= 15 is 0 Å². The molecule has 0 saturated carbocycles. The predicted octanol–water partition coefficient (Wildman–Crippen LogP) is 4.16. The molecule has 22 heavy (non-hydrogen) atoms. The molecule has 2 aromatic carbocycles. The molecular weight excluding hydrogens is 300 g/mol. The van der Waals surface area contributed by atoms with E-state index in [9.17, 15) is 4.79 Å². The number of urea groups is 1. The summed E-state index contributed by atoms with van der Waals surface area (Å²) in [6, 6.07) is 14.8. The van der Waals surface area contributed by atoms with Crippen LogP contribution in [0.25, 0.3) is 0 Å². The van der Waals surface area contributed by atoms with Crippen molar-refractivity contribution in [3.8, 4) is 0 Å². The summed E-state index contributed by atoms with van der Waals surface area (Å²) < 4.78 is 5.41. The fourth-order valence-electron chi connectivity index (χ4n) is 2.12. The van der Waals surface area contributed by atoms with Gasteiger partial charge in [-0.1, -0.05) is 48.0 Å². The molecule has 0 aliphatic heterocycles. The number of methoxy groups -OCH3 is 1. The van der Waals surface area contributed by atoms with Crippen LogP contribution in [0, 0.1) is 6.92 Å². The van der Waals surface area contributed by atoms with Crippen LogP contribution in [0.4, 0.5) is 10.5 Å². The minimum Gasteiger partial charge on any atom is -0.375 e. The number of para-hydroxylation sites is 1. The maximum absolute atomic E-state index is 12.0. The molecule has 5 heteroatoms. The van der Waals surface area contributed by atoms with Crippen LogP contribution in [-0.4, -0.2) is 19.7 Å². The van der Waals surface area contributed by atoms with Gasteiger partial charge in [0.05, 0.1) is 0 Å². The molecule has 0 unspecified atom stereocenters. The highest BCUT2D eigenvalue weighted by Crippen LogP contribution is 2.24. The highest BCUT2D eigenvalue weighted by molar-refractivity contribution is 6.31. The molecule has 0 heterocycles. The zero-order valence-electron chi connectivity index (χ0n) is 12.6. The number of hydrogen-bond donors (Lipinski definition) is 2. The minimum atomic E-state index is -0.295.